The van der Waals surface area contributed by atoms with E-state index in [2.05, 4.69) is 34.8 Å². The van der Waals surface area contributed by atoms with Crippen molar-refractivity contribution in [2.45, 2.75) is 19.4 Å². The van der Waals surface area contributed by atoms with Gasteiger partial charge in [0.25, 0.3) is 0 Å². The molecule has 0 spiro atoms. The Kier molecular flexibility index (Phi) is 1.80. The number of aliphatic imine (C=N–C) groups is 1. The highest BCUT2D eigenvalue weighted by Crippen LogP contribution is 2.17. The Hall–Kier alpha value is -0.0500. The largest absolute Gasteiger partial charge is 0.478 e. The van der Waals surface area contributed by atoms with Crippen LogP contribution >= 0.6 is 15.9 Å². The molecule has 0 fully saturated rings. The van der Waals surface area contributed by atoms with Crippen LogP contribution in [0, 0.1) is 0 Å². The first-order valence-corrected chi connectivity index (χ1v) is 4.04. The van der Waals surface area contributed by atoms with Crippen molar-refractivity contribution < 1.29 is 4.74 Å². The lowest BCUT2D eigenvalue weighted by molar-refractivity contribution is 0.278. The van der Waals surface area contributed by atoms with Crippen LogP contribution in [0.2, 0.25) is 0 Å². The van der Waals surface area contributed by atoms with Crippen LogP contribution < -0.4 is 0 Å². The van der Waals surface area contributed by atoms with E-state index in [1.54, 1.807) is 0 Å². The van der Waals surface area contributed by atoms with Crippen molar-refractivity contribution in [2.24, 2.45) is 4.99 Å². The summed E-state index contributed by atoms with van der Waals surface area (Å²) in [5.41, 5.74) is 0.00308. The second-order valence-corrected chi connectivity index (χ2v) is 3.30. The van der Waals surface area contributed by atoms with E-state index in [0.717, 1.165) is 11.2 Å². The number of hydrogen-bond donors (Lipinski definition) is 0. The summed E-state index contributed by atoms with van der Waals surface area (Å²) in [4.78, 5) is 4.29. The van der Waals surface area contributed by atoms with Gasteiger partial charge in [-0.1, -0.05) is 15.9 Å². The molecule has 1 rings (SSSR count). The van der Waals surface area contributed by atoms with E-state index in [4.69, 9.17) is 4.74 Å². The lowest BCUT2D eigenvalue weighted by atomic mass is 10.1. The molecular weight excluding hydrogens is 182 g/mol. The van der Waals surface area contributed by atoms with Crippen molar-refractivity contribution in [2.75, 3.05) is 11.9 Å². The maximum Gasteiger partial charge on any atom is 0.194 e. The predicted octanol–water partition coefficient (Wildman–Crippen LogP) is 1.59. The summed E-state index contributed by atoms with van der Waals surface area (Å²) in [6.45, 7) is 4.83. The first kappa shape index (κ1) is 7.06. The van der Waals surface area contributed by atoms with Gasteiger partial charge in [-0.3, -0.25) is 0 Å². The molecule has 0 aromatic heterocycles. The summed E-state index contributed by atoms with van der Waals surface area (Å²) in [5.74, 6) is 0.819. The molecule has 3 heteroatoms. The molecule has 0 unspecified atom stereocenters. The molecule has 0 radical (unpaired) electrons. The van der Waals surface area contributed by atoms with Crippen molar-refractivity contribution in [1.29, 1.82) is 0 Å². The van der Waals surface area contributed by atoms with Crippen LogP contribution in [0.4, 0.5) is 0 Å². The van der Waals surface area contributed by atoms with E-state index in [-0.39, 0.29) is 5.54 Å². The van der Waals surface area contributed by atoms with Gasteiger partial charge in [0.15, 0.2) is 5.90 Å². The van der Waals surface area contributed by atoms with E-state index < -0.39 is 0 Å². The molecule has 0 saturated heterocycles. The van der Waals surface area contributed by atoms with Gasteiger partial charge in [0, 0.05) is 0 Å². The van der Waals surface area contributed by atoms with E-state index in [1.807, 2.05) is 0 Å². The zero-order valence-electron chi connectivity index (χ0n) is 5.65. The van der Waals surface area contributed by atoms with E-state index in [0.29, 0.717) is 6.61 Å². The predicted molar refractivity (Wildman–Crippen MR) is 41.3 cm³/mol. The SMILES string of the molecule is CC1(C)COC(CBr)=N1. The number of alkyl halides is 1. The fourth-order valence-electron chi connectivity index (χ4n) is 0.731. The van der Waals surface area contributed by atoms with Crippen LogP contribution in [0.1, 0.15) is 13.8 Å². The van der Waals surface area contributed by atoms with Crippen LogP contribution in [0.5, 0.6) is 0 Å². The molecule has 0 aromatic carbocycles. The van der Waals surface area contributed by atoms with Gasteiger partial charge in [0.2, 0.25) is 0 Å². The van der Waals surface area contributed by atoms with Crippen LogP contribution in [0.3, 0.4) is 0 Å². The van der Waals surface area contributed by atoms with Crippen LogP contribution in [0.25, 0.3) is 0 Å². The minimum atomic E-state index is 0.00308. The van der Waals surface area contributed by atoms with E-state index in [1.165, 1.54) is 0 Å². The third-order valence-corrected chi connectivity index (χ3v) is 1.61. The van der Waals surface area contributed by atoms with Gasteiger partial charge in [-0.05, 0) is 13.8 Å². The maximum absolute atomic E-state index is 5.22. The average Bonchev–Trinajstić information content (AvgIpc) is 2.10. The number of nitrogens with zero attached hydrogens (tertiary/aromatic N) is 1. The first-order chi connectivity index (χ1) is 4.14. The molecule has 0 N–H and O–H groups in total. The summed E-state index contributed by atoms with van der Waals surface area (Å²) < 4.78 is 5.22. The van der Waals surface area contributed by atoms with Gasteiger partial charge in [0.05, 0.1) is 10.9 Å². The van der Waals surface area contributed by atoms with Gasteiger partial charge in [-0.15, -0.1) is 0 Å². The average molecular weight is 192 g/mol. The molecule has 0 bridgehead atoms. The maximum atomic E-state index is 5.22. The fraction of sp³-hybridized carbons (Fsp3) is 0.833. The zero-order valence-corrected chi connectivity index (χ0v) is 7.23. The summed E-state index contributed by atoms with van der Waals surface area (Å²) in [7, 11) is 0. The first-order valence-electron chi connectivity index (χ1n) is 2.91. The fourth-order valence-corrected chi connectivity index (χ4v) is 1.02. The molecule has 1 aliphatic heterocycles. The van der Waals surface area contributed by atoms with Crippen LogP contribution in [-0.4, -0.2) is 23.4 Å². The highest BCUT2D eigenvalue weighted by atomic mass is 79.9. The molecule has 1 heterocycles. The molecule has 2 nitrogen and oxygen atoms in total. The van der Waals surface area contributed by atoms with E-state index in [9.17, 15) is 0 Å². The number of ether oxygens (including phenoxy) is 1. The Morgan fingerprint density at radius 1 is 1.78 bits per heavy atom. The number of halogens is 1. The van der Waals surface area contributed by atoms with Crippen LogP contribution in [0.15, 0.2) is 4.99 Å². The number of rotatable bonds is 1. The Morgan fingerprint density at radius 3 is 2.67 bits per heavy atom. The van der Waals surface area contributed by atoms with Gasteiger partial charge in [0.1, 0.15) is 6.61 Å². The molecule has 1 aliphatic rings. The molecule has 9 heavy (non-hydrogen) atoms. The third-order valence-electron chi connectivity index (χ3n) is 1.13. The van der Waals surface area contributed by atoms with Crippen molar-refractivity contribution in [1.82, 2.24) is 0 Å². The van der Waals surface area contributed by atoms with Gasteiger partial charge in [-0.2, -0.15) is 0 Å². The second-order valence-electron chi connectivity index (χ2n) is 2.74. The number of hydrogen-bond acceptors (Lipinski definition) is 2. The minimum absolute atomic E-state index is 0.00308. The highest BCUT2D eigenvalue weighted by molar-refractivity contribution is 9.09. The van der Waals surface area contributed by atoms with Crippen molar-refractivity contribution in [3.8, 4) is 0 Å². The van der Waals surface area contributed by atoms with Crippen molar-refractivity contribution >= 4 is 21.8 Å². The van der Waals surface area contributed by atoms with E-state index >= 15 is 0 Å². The Bertz CT molecular complexity index is 142. The summed E-state index contributed by atoms with van der Waals surface area (Å²) in [6.07, 6.45) is 0. The Labute approximate surface area is 63.4 Å². The Balaban J connectivity index is 2.61. The van der Waals surface area contributed by atoms with Crippen LogP contribution in [-0.2, 0) is 4.74 Å². The molecule has 0 atom stereocenters. The second kappa shape index (κ2) is 2.29. The topological polar surface area (TPSA) is 21.6 Å². The van der Waals surface area contributed by atoms with Gasteiger partial charge >= 0.3 is 0 Å². The molecule has 0 amide bonds. The molecule has 0 aromatic rings. The monoisotopic (exact) mass is 191 g/mol. The quantitative estimate of drug-likeness (QED) is 0.578. The molecule has 0 aliphatic carbocycles. The summed E-state index contributed by atoms with van der Waals surface area (Å²) >= 11 is 3.27. The van der Waals surface area contributed by atoms with Crippen molar-refractivity contribution in [3.05, 3.63) is 0 Å². The third kappa shape index (κ3) is 1.68. The zero-order chi connectivity index (χ0) is 6.91. The molecule has 52 valence electrons. The van der Waals surface area contributed by atoms with Gasteiger partial charge < -0.3 is 4.74 Å². The lowest BCUT2D eigenvalue weighted by Gasteiger charge is -2.07. The smallest absolute Gasteiger partial charge is 0.194 e. The normalized spacial score (nSPS) is 23.2. The highest BCUT2D eigenvalue weighted by Gasteiger charge is 2.24. The standard InChI is InChI=1S/C6H10BrNO/c1-6(2)4-9-5(3-7)8-6/h3-4H2,1-2H3. The minimum Gasteiger partial charge on any atom is -0.478 e. The molecular formula is C6H10BrNO. The molecule has 0 saturated carbocycles. The van der Waals surface area contributed by atoms with Gasteiger partial charge in [-0.25, -0.2) is 4.99 Å². The summed E-state index contributed by atoms with van der Waals surface area (Å²) in [6, 6.07) is 0. The summed E-state index contributed by atoms with van der Waals surface area (Å²) in [5, 5.41) is 0.733. The Morgan fingerprint density at radius 2 is 2.44 bits per heavy atom. The van der Waals surface area contributed by atoms with Crippen molar-refractivity contribution in [3.63, 3.8) is 0 Å². The lowest BCUT2D eigenvalue weighted by Crippen LogP contribution is -2.17.